The highest BCUT2D eigenvalue weighted by molar-refractivity contribution is 5.99. The standard InChI is InChI=1S/C13H13F3N2O6/c1-2-17(6-11(19)20)12(21)9-5-8(24-7-13(14,15)16)3-4-10(9)18(22)23/h3-5H,2,6-7H2,1H3,(H,19,20). The average Bonchev–Trinajstić information content (AvgIpc) is 2.48. The van der Waals surface area contributed by atoms with Gasteiger partial charge in [0, 0.05) is 12.6 Å². The van der Waals surface area contributed by atoms with Gasteiger partial charge in [0.1, 0.15) is 17.9 Å². The molecule has 11 heteroatoms. The Hall–Kier alpha value is -2.85. The van der Waals surface area contributed by atoms with Crippen molar-refractivity contribution in [2.45, 2.75) is 13.1 Å². The van der Waals surface area contributed by atoms with E-state index in [0.717, 1.165) is 23.1 Å². The third-order valence-electron chi connectivity index (χ3n) is 2.79. The average molecular weight is 350 g/mol. The summed E-state index contributed by atoms with van der Waals surface area (Å²) >= 11 is 0. The summed E-state index contributed by atoms with van der Waals surface area (Å²) < 4.78 is 40.9. The number of carboxylic acid groups (broad SMARTS) is 1. The molecule has 0 fully saturated rings. The number of aliphatic carboxylic acids is 1. The second kappa shape index (κ2) is 7.62. The summed E-state index contributed by atoms with van der Waals surface area (Å²) in [5.41, 5.74) is -1.22. The first kappa shape index (κ1) is 19.2. The van der Waals surface area contributed by atoms with Gasteiger partial charge in [0.15, 0.2) is 6.61 Å². The number of halogens is 3. The Kier molecular flexibility index (Phi) is 6.09. The third-order valence-corrected chi connectivity index (χ3v) is 2.79. The molecule has 0 spiro atoms. The molecule has 0 aliphatic carbocycles. The van der Waals surface area contributed by atoms with Gasteiger partial charge in [0.25, 0.3) is 11.6 Å². The van der Waals surface area contributed by atoms with Crippen molar-refractivity contribution in [2.24, 2.45) is 0 Å². The number of ether oxygens (including phenoxy) is 1. The van der Waals surface area contributed by atoms with Crippen molar-refractivity contribution in [1.82, 2.24) is 4.90 Å². The maximum absolute atomic E-state index is 12.3. The highest BCUT2D eigenvalue weighted by atomic mass is 19.4. The van der Waals surface area contributed by atoms with Gasteiger partial charge in [-0.25, -0.2) is 0 Å². The number of benzene rings is 1. The first-order valence-corrected chi connectivity index (χ1v) is 6.54. The zero-order valence-corrected chi connectivity index (χ0v) is 12.4. The van der Waals surface area contributed by atoms with Crippen molar-refractivity contribution in [3.63, 3.8) is 0 Å². The largest absolute Gasteiger partial charge is 0.484 e. The second-order valence-electron chi connectivity index (χ2n) is 4.55. The molecule has 1 N–H and O–H groups in total. The van der Waals surface area contributed by atoms with Crippen LogP contribution in [0.4, 0.5) is 18.9 Å². The van der Waals surface area contributed by atoms with Crippen LogP contribution >= 0.6 is 0 Å². The van der Waals surface area contributed by atoms with Crippen molar-refractivity contribution in [3.05, 3.63) is 33.9 Å². The van der Waals surface area contributed by atoms with Gasteiger partial charge in [0.2, 0.25) is 0 Å². The van der Waals surface area contributed by atoms with Crippen LogP contribution in [0.2, 0.25) is 0 Å². The third kappa shape index (κ3) is 5.41. The van der Waals surface area contributed by atoms with Gasteiger partial charge in [-0.15, -0.1) is 0 Å². The van der Waals surface area contributed by atoms with Crippen LogP contribution in [0.5, 0.6) is 5.75 Å². The monoisotopic (exact) mass is 350 g/mol. The first-order valence-electron chi connectivity index (χ1n) is 6.54. The van der Waals surface area contributed by atoms with Gasteiger partial charge in [-0.05, 0) is 19.1 Å². The zero-order chi connectivity index (χ0) is 18.5. The summed E-state index contributed by atoms with van der Waals surface area (Å²) in [6, 6.07) is 2.54. The summed E-state index contributed by atoms with van der Waals surface area (Å²) in [7, 11) is 0. The van der Waals surface area contributed by atoms with E-state index in [1.54, 1.807) is 0 Å². The number of carboxylic acids is 1. The Balaban J connectivity index is 3.18. The number of alkyl halides is 3. The molecule has 0 saturated carbocycles. The molecule has 0 saturated heterocycles. The van der Waals surface area contributed by atoms with Crippen molar-refractivity contribution in [3.8, 4) is 5.75 Å². The summed E-state index contributed by atoms with van der Waals surface area (Å²) in [6.07, 6.45) is -4.62. The molecule has 1 rings (SSSR count). The van der Waals surface area contributed by atoms with E-state index in [1.165, 1.54) is 6.92 Å². The molecule has 0 atom stereocenters. The van der Waals surface area contributed by atoms with Gasteiger partial charge >= 0.3 is 12.1 Å². The van der Waals surface area contributed by atoms with Crippen LogP contribution in [-0.4, -0.2) is 52.7 Å². The minimum Gasteiger partial charge on any atom is -0.484 e. The van der Waals surface area contributed by atoms with Crippen molar-refractivity contribution < 1.29 is 37.5 Å². The Morgan fingerprint density at radius 1 is 1.38 bits per heavy atom. The Labute approximate surface area is 133 Å². The number of likely N-dealkylation sites (N-methyl/N-ethyl adjacent to an activating group) is 1. The Bertz CT molecular complexity index is 647. The number of nitro benzene ring substituents is 1. The summed E-state index contributed by atoms with van der Waals surface area (Å²) in [6.45, 7) is -0.947. The molecule has 132 valence electrons. The SMILES string of the molecule is CCN(CC(=O)O)C(=O)c1cc(OCC(F)(F)F)ccc1[N+](=O)[O-]. The molecule has 0 bridgehead atoms. The lowest BCUT2D eigenvalue weighted by Gasteiger charge is -2.19. The fourth-order valence-electron chi connectivity index (χ4n) is 1.76. The molecular formula is C13H13F3N2O6. The molecule has 0 heterocycles. The van der Waals surface area contributed by atoms with Gasteiger partial charge < -0.3 is 14.7 Å². The maximum atomic E-state index is 12.3. The molecule has 0 aliphatic heterocycles. The maximum Gasteiger partial charge on any atom is 0.422 e. The van der Waals surface area contributed by atoms with Gasteiger partial charge in [-0.3, -0.25) is 19.7 Å². The van der Waals surface area contributed by atoms with E-state index in [1.807, 2.05) is 0 Å². The number of hydrogen-bond donors (Lipinski definition) is 1. The number of nitro groups is 1. The molecule has 0 aromatic heterocycles. The van der Waals surface area contributed by atoms with Crippen molar-refractivity contribution >= 4 is 17.6 Å². The second-order valence-corrected chi connectivity index (χ2v) is 4.55. The van der Waals surface area contributed by atoms with Crippen LogP contribution in [0.15, 0.2) is 18.2 Å². The summed E-state index contributed by atoms with van der Waals surface area (Å²) in [4.78, 5) is 33.9. The van der Waals surface area contributed by atoms with Crippen molar-refractivity contribution in [2.75, 3.05) is 19.7 Å². The quantitative estimate of drug-likeness (QED) is 0.595. The predicted octanol–water partition coefficient (Wildman–Crippen LogP) is 2.08. The van der Waals surface area contributed by atoms with E-state index in [0.29, 0.717) is 0 Å². The number of hydrogen-bond acceptors (Lipinski definition) is 5. The zero-order valence-electron chi connectivity index (χ0n) is 12.4. The van der Waals surface area contributed by atoms with E-state index in [9.17, 15) is 32.9 Å². The summed E-state index contributed by atoms with van der Waals surface area (Å²) in [5.74, 6) is -2.73. The molecule has 1 amide bonds. The molecule has 24 heavy (non-hydrogen) atoms. The minimum atomic E-state index is -4.62. The Morgan fingerprint density at radius 2 is 2.00 bits per heavy atom. The van der Waals surface area contributed by atoms with Crippen LogP contribution in [0.25, 0.3) is 0 Å². The minimum absolute atomic E-state index is 0.0596. The number of carbonyl (C=O) groups is 2. The fraction of sp³-hybridized carbons (Fsp3) is 0.385. The van der Waals surface area contributed by atoms with E-state index in [-0.39, 0.29) is 6.54 Å². The molecular weight excluding hydrogens is 337 g/mol. The van der Waals surface area contributed by atoms with Gasteiger partial charge in [0.05, 0.1) is 4.92 Å². The van der Waals surface area contributed by atoms with Crippen LogP contribution in [0, 0.1) is 10.1 Å². The van der Waals surface area contributed by atoms with Crippen LogP contribution in [0.1, 0.15) is 17.3 Å². The molecule has 8 nitrogen and oxygen atoms in total. The number of rotatable bonds is 7. The van der Waals surface area contributed by atoms with Crippen LogP contribution < -0.4 is 4.74 Å². The molecule has 1 aromatic rings. The van der Waals surface area contributed by atoms with Gasteiger partial charge in [-0.2, -0.15) is 13.2 Å². The molecule has 0 radical (unpaired) electrons. The first-order chi connectivity index (χ1) is 11.0. The van der Waals surface area contributed by atoms with E-state index in [2.05, 4.69) is 4.74 Å². The summed E-state index contributed by atoms with van der Waals surface area (Å²) in [5, 5.41) is 19.7. The molecule has 1 aromatic carbocycles. The normalized spacial score (nSPS) is 11.0. The topological polar surface area (TPSA) is 110 Å². The highest BCUT2D eigenvalue weighted by Gasteiger charge is 2.30. The lowest BCUT2D eigenvalue weighted by Crippen LogP contribution is -2.35. The Morgan fingerprint density at radius 3 is 2.46 bits per heavy atom. The van der Waals surface area contributed by atoms with Crippen LogP contribution in [0.3, 0.4) is 0 Å². The van der Waals surface area contributed by atoms with E-state index in [4.69, 9.17) is 5.11 Å². The molecule has 0 aliphatic rings. The lowest BCUT2D eigenvalue weighted by molar-refractivity contribution is -0.385. The van der Waals surface area contributed by atoms with Crippen molar-refractivity contribution in [1.29, 1.82) is 0 Å². The van der Waals surface area contributed by atoms with Crippen LogP contribution in [-0.2, 0) is 4.79 Å². The number of amides is 1. The lowest BCUT2D eigenvalue weighted by atomic mass is 10.1. The number of carbonyl (C=O) groups excluding carboxylic acids is 1. The van der Waals surface area contributed by atoms with Gasteiger partial charge in [-0.1, -0.05) is 0 Å². The number of nitrogens with zero attached hydrogens (tertiary/aromatic N) is 2. The predicted molar refractivity (Wildman–Crippen MR) is 73.9 cm³/mol. The highest BCUT2D eigenvalue weighted by Crippen LogP contribution is 2.27. The molecule has 0 unspecified atom stereocenters. The van der Waals surface area contributed by atoms with E-state index >= 15 is 0 Å². The fourth-order valence-corrected chi connectivity index (χ4v) is 1.76. The smallest absolute Gasteiger partial charge is 0.422 e. The van der Waals surface area contributed by atoms with E-state index < -0.39 is 53.1 Å².